The third-order valence-electron chi connectivity index (χ3n) is 3.26. The maximum atomic E-state index is 5.24. The number of pyridine rings is 1. The molecule has 0 fully saturated rings. The van der Waals surface area contributed by atoms with Crippen molar-refractivity contribution in [2.75, 3.05) is 26.1 Å². The van der Waals surface area contributed by atoms with E-state index in [-0.39, 0.29) is 0 Å². The lowest BCUT2D eigenvalue weighted by atomic mass is 10.2. The molecule has 4 nitrogen and oxygen atoms in total. The van der Waals surface area contributed by atoms with E-state index < -0.39 is 0 Å². The SMILES string of the molecule is COc1ccc2nc(/C=C/c3ccc(N(C)C)nc3)sc2c1. The van der Waals surface area contributed by atoms with Gasteiger partial charge in [0.25, 0.3) is 0 Å². The normalized spacial score (nSPS) is 11.2. The number of fused-ring (bicyclic) bond motifs is 1. The summed E-state index contributed by atoms with van der Waals surface area (Å²) in [5.74, 6) is 1.80. The molecular formula is C17H17N3OS. The van der Waals surface area contributed by atoms with Crippen molar-refractivity contribution >= 4 is 39.5 Å². The summed E-state index contributed by atoms with van der Waals surface area (Å²) in [5, 5.41) is 0.972. The van der Waals surface area contributed by atoms with E-state index in [1.165, 1.54) is 0 Å². The molecule has 0 saturated heterocycles. The topological polar surface area (TPSA) is 38.2 Å². The van der Waals surface area contributed by atoms with Crippen LogP contribution in [0, 0.1) is 0 Å². The van der Waals surface area contributed by atoms with Gasteiger partial charge in [-0.25, -0.2) is 9.97 Å². The van der Waals surface area contributed by atoms with Crippen LogP contribution in [0.4, 0.5) is 5.82 Å². The van der Waals surface area contributed by atoms with E-state index in [0.717, 1.165) is 32.4 Å². The zero-order chi connectivity index (χ0) is 15.5. The van der Waals surface area contributed by atoms with Gasteiger partial charge in [0.1, 0.15) is 16.6 Å². The predicted molar refractivity (Wildman–Crippen MR) is 93.7 cm³/mol. The second-order valence-electron chi connectivity index (χ2n) is 5.06. The zero-order valence-corrected chi connectivity index (χ0v) is 13.6. The molecular weight excluding hydrogens is 294 g/mol. The first-order valence-corrected chi connectivity index (χ1v) is 7.73. The summed E-state index contributed by atoms with van der Waals surface area (Å²) < 4.78 is 6.37. The van der Waals surface area contributed by atoms with Crippen molar-refractivity contribution in [1.82, 2.24) is 9.97 Å². The molecule has 0 spiro atoms. The summed E-state index contributed by atoms with van der Waals surface area (Å²) in [6.07, 6.45) is 5.91. The first-order chi connectivity index (χ1) is 10.7. The lowest BCUT2D eigenvalue weighted by molar-refractivity contribution is 0.415. The fourth-order valence-electron chi connectivity index (χ4n) is 2.05. The molecule has 112 valence electrons. The Bertz CT molecular complexity index is 806. The number of aromatic nitrogens is 2. The Morgan fingerprint density at radius 2 is 2.00 bits per heavy atom. The van der Waals surface area contributed by atoms with E-state index in [1.807, 2.05) is 61.6 Å². The second kappa shape index (κ2) is 6.15. The van der Waals surface area contributed by atoms with Crippen LogP contribution in [-0.2, 0) is 0 Å². The molecule has 0 N–H and O–H groups in total. The van der Waals surface area contributed by atoms with Crippen LogP contribution < -0.4 is 9.64 Å². The summed E-state index contributed by atoms with van der Waals surface area (Å²) in [5.41, 5.74) is 2.05. The molecule has 0 unspecified atom stereocenters. The highest BCUT2D eigenvalue weighted by Gasteiger charge is 2.03. The van der Waals surface area contributed by atoms with Gasteiger partial charge >= 0.3 is 0 Å². The number of hydrogen-bond acceptors (Lipinski definition) is 5. The van der Waals surface area contributed by atoms with Gasteiger partial charge in [0.2, 0.25) is 0 Å². The van der Waals surface area contributed by atoms with Gasteiger partial charge in [0, 0.05) is 20.3 Å². The van der Waals surface area contributed by atoms with Crippen molar-refractivity contribution in [3.05, 3.63) is 47.1 Å². The van der Waals surface area contributed by atoms with Crippen LogP contribution >= 0.6 is 11.3 Å². The van der Waals surface area contributed by atoms with Gasteiger partial charge in [0.05, 0.1) is 17.3 Å². The molecule has 3 aromatic rings. The number of rotatable bonds is 4. The van der Waals surface area contributed by atoms with E-state index >= 15 is 0 Å². The molecule has 2 heterocycles. The van der Waals surface area contributed by atoms with Gasteiger partial charge in [-0.05, 0) is 42.0 Å². The lowest BCUT2D eigenvalue weighted by Gasteiger charge is -2.10. The number of hydrogen-bond donors (Lipinski definition) is 0. The minimum absolute atomic E-state index is 0.857. The number of anilines is 1. The quantitative estimate of drug-likeness (QED) is 0.731. The molecule has 1 aromatic carbocycles. The van der Waals surface area contributed by atoms with Gasteiger partial charge in [0.15, 0.2) is 0 Å². The number of ether oxygens (including phenoxy) is 1. The van der Waals surface area contributed by atoms with E-state index in [1.54, 1.807) is 18.4 Å². The molecule has 22 heavy (non-hydrogen) atoms. The maximum absolute atomic E-state index is 5.24. The molecule has 0 bridgehead atoms. The largest absolute Gasteiger partial charge is 0.497 e. The van der Waals surface area contributed by atoms with Crippen molar-refractivity contribution in [3.8, 4) is 5.75 Å². The average Bonchev–Trinajstić information content (AvgIpc) is 2.95. The fraction of sp³-hybridized carbons (Fsp3) is 0.176. The highest BCUT2D eigenvalue weighted by atomic mass is 32.1. The molecule has 0 aliphatic heterocycles. The van der Waals surface area contributed by atoms with Crippen molar-refractivity contribution in [3.63, 3.8) is 0 Å². The molecule has 0 aliphatic carbocycles. The Morgan fingerprint density at radius 3 is 2.68 bits per heavy atom. The van der Waals surface area contributed by atoms with Crippen LogP contribution in [0.25, 0.3) is 22.4 Å². The van der Waals surface area contributed by atoms with E-state index in [0.29, 0.717) is 0 Å². The Labute approximate surface area is 133 Å². The second-order valence-corrected chi connectivity index (χ2v) is 6.13. The van der Waals surface area contributed by atoms with Crippen LogP contribution in [-0.4, -0.2) is 31.2 Å². The van der Waals surface area contributed by atoms with Gasteiger partial charge in [-0.2, -0.15) is 0 Å². The molecule has 0 saturated carbocycles. The molecule has 0 radical (unpaired) electrons. The third-order valence-corrected chi connectivity index (χ3v) is 4.24. The summed E-state index contributed by atoms with van der Waals surface area (Å²) in [6, 6.07) is 9.98. The van der Waals surface area contributed by atoms with Crippen LogP contribution in [0.15, 0.2) is 36.5 Å². The molecule has 5 heteroatoms. The predicted octanol–water partition coefficient (Wildman–Crippen LogP) is 3.94. The van der Waals surface area contributed by atoms with E-state index in [4.69, 9.17) is 4.74 Å². The first kappa shape index (κ1) is 14.5. The fourth-order valence-corrected chi connectivity index (χ4v) is 2.95. The Balaban J connectivity index is 1.82. The summed E-state index contributed by atoms with van der Waals surface area (Å²) in [7, 11) is 5.63. The van der Waals surface area contributed by atoms with Gasteiger partial charge < -0.3 is 9.64 Å². The number of methoxy groups -OCH3 is 1. The smallest absolute Gasteiger partial charge is 0.127 e. The summed E-state index contributed by atoms with van der Waals surface area (Å²) >= 11 is 1.65. The molecule has 3 rings (SSSR count). The van der Waals surface area contributed by atoms with Crippen molar-refractivity contribution in [1.29, 1.82) is 0 Å². The molecule has 2 aromatic heterocycles. The number of thiazole rings is 1. The zero-order valence-electron chi connectivity index (χ0n) is 12.8. The maximum Gasteiger partial charge on any atom is 0.127 e. The molecule has 0 aliphatic rings. The minimum Gasteiger partial charge on any atom is -0.497 e. The Kier molecular flexibility index (Phi) is 4.06. The Morgan fingerprint density at radius 1 is 1.14 bits per heavy atom. The molecule has 0 atom stereocenters. The highest BCUT2D eigenvalue weighted by molar-refractivity contribution is 7.19. The first-order valence-electron chi connectivity index (χ1n) is 6.92. The van der Waals surface area contributed by atoms with Gasteiger partial charge in [-0.3, -0.25) is 0 Å². The van der Waals surface area contributed by atoms with Crippen LogP contribution in [0.1, 0.15) is 10.6 Å². The molecule has 0 amide bonds. The lowest BCUT2D eigenvalue weighted by Crippen LogP contribution is -2.09. The number of benzene rings is 1. The van der Waals surface area contributed by atoms with Crippen LogP contribution in [0.3, 0.4) is 0 Å². The van der Waals surface area contributed by atoms with E-state index in [2.05, 4.69) is 16.0 Å². The number of nitrogens with zero attached hydrogens (tertiary/aromatic N) is 3. The third kappa shape index (κ3) is 3.09. The van der Waals surface area contributed by atoms with Crippen LogP contribution in [0.5, 0.6) is 5.75 Å². The van der Waals surface area contributed by atoms with Crippen molar-refractivity contribution in [2.45, 2.75) is 0 Å². The van der Waals surface area contributed by atoms with Crippen LogP contribution in [0.2, 0.25) is 0 Å². The summed E-state index contributed by atoms with van der Waals surface area (Å²) in [6.45, 7) is 0. The standard InChI is InChI=1S/C17H17N3OS/c1-20(2)16-8-4-12(11-18-16)5-9-17-19-14-7-6-13(21-3)10-15(14)22-17/h4-11H,1-3H3/b9-5+. The monoisotopic (exact) mass is 311 g/mol. The van der Waals surface area contributed by atoms with E-state index in [9.17, 15) is 0 Å². The van der Waals surface area contributed by atoms with Gasteiger partial charge in [-0.1, -0.05) is 6.08 Å². The average molecular weight is 311 g/mol. The summed E-state index contributed by atoms with van der Waals surface area (Å²) in [4.78, 5) is 11.0. The van der Waals surface area contributed by atoms with Crippen molar-refractivity contribution in [2.24, 2.45) is 0 Å². The van der Waals surface area contributed by atoms with Crippen molar-refractivity contribution < 1.29 is 4.74 Å². The van der Waals surface area contributed by atoms with Gasteiger partial charge in [-0.15, -0.1) is 11.3 Å². The Hall–Kier alpha value is -2.40. The highest BCUT2D eigenvalue weighted by Crippen LogP contribution is 2.27. The minimum atomic E-state index is 0.857.